The summed E-state index contributed by atoms with van der Waals surface area (Å²) in [5.41, 5.74) is 0.819. The Bertz CT molecular complexity index is 711. The van der Waals surface area contributed by atoms with E-state index in [1.165, 1.54) is 19.2 Å². The summed E-state index contributed by atoms with van der Waals surface area (Å²) in [6.07, 6.45) is 2.56. The normalized spacial score (nSPS) is 17.5. The van der Waals surface area contributed by atoms with Crippen molar-refractivity contribution in [2.24, 2.45) is 0 Å². The summed E-state index contributed by atoms with van der Waals surface area (Å²) in [5, 5.41) is 2.62. The minimum Gasteiger partial charge on any atom is -0.465 e. The average Bonchev–Trinajstić information content (AvgIpc) is 3.06. The van der Waals surface area contributed by atoms with Crippen LogP contribution in [-0.2, 0) is 24.3 Å². The summed E-state index contributed by atoms with van der Waals surface area (Å²) in [6.45, 7) is 0.478. The van der Waals surface area contributed by atoms with E-state index in [1.54, 1.807) is 12.1 Å². The second-order valence-electron chi connectivity index (χ2n) is 5.81. The summed E-state index contributed by atoms with van der Waals surface area (Å²) in [5.74, 6) is -0.938. The number of esters is 1. The van der Waals surface area contributed by atoms with Crippen LogP contribution in [0.4, 0.5) is 5.69 Å². The summed E-state index contributed by atoms with van der Waals surface area (Å²) in [4.78, 5) is 23.5. The Kier molecular flexibility index (Phi) is 6.51. The molecule has 25 heavy (non-hydrogen) atoms. The molecule has 8 nitrogen and oxygen atoms in total. The van der Waals surface area contributed by atoms with Gasteiger partial charge in [0.25, 0.3) is 0 Å². The molecule has 1 aromatic rings. The zero-order valence-electron chi connectivity index (χ0n) is 14.2. The SMILES string of the molecule is COC(=O)c1ccc(NC(=O)CN(CC2CCCO2)S(C)(=O)=O)cc1. The Morgan fingerprint density at radius 2 is 2.00 bits per heavy atom. The number of hydrogen-bond acceptors (Lipinski definition) is 6. The molecule has 1 heterocycles. The highest BCUT2D eigenvalue weighted by Gasteiger charge is 2.26. The molecular weight excluding hydrogens is 348 g/mol. The molecule has 138 valence electrons. The molecule has 0 saturated carbocycles. The van der Waals surface area contributed by atoms with Crippen LogP contribution in [0.1, 0.15) is 23.2 Å². The first-order chi connectivity index (χ1) is 11.8. The number of carbonyl (C=O) groups is 2. The first-order valence-electron chi connectivity index (χ1n) is 7.84. The highest BCUT2D eigenvalue weighted by Crippen LogP contribution is 2.15. The van der Waals surface area contributed by atoms with Gasteiger partial charge < -0.3 is 14.8 Å². The quantitative estimate of drug-likeness (QED) is 0.714. The molecule has 1 aliphatic heterocycles. The van der Waals surface area contributed by atoms with Gasteiger partial charge in [0.2, 0.25) is 15.9 Å². The molecule has 0 radical (unpaired) electrons. The summed E-state index contributed by atoms with van der Waals surface area (Å²) in [6, 6.07) is 6.13. The van der Waals surface area contributed by atoms with E-state index in [9.17, 15) is 18.0 Å². The van der Waals surface area contributed by atoms with E-state index in [4.69, 9.17) is 4.74 Å². The highest BCUT2D eigenvalue weighted by atomic mass is 32.2. The number of rotatable bonds is 7. The van der Waals surface area contributed by atoms with Crippen molar-refractivity contribution in [2.75, 3.05) is 38.4 Å². The Labute approximate surface area is 147 Å². The number of amides is 1. The van der Waals surface area contributed by atoms with Crippen molar-refractivity contribution >= 4 is 27.6 Å². The molecule has 1 amide bonds. The van der Waals surface area contributed by atoms with Gasteiger partial charge in [0.1, 0.15) is 0 Å². The van der Waals surface area contributed by atoms with Crippen molar-refractivity contribution in [1.82, 2.24) is 4.31 Å². The Morgan fingerprint density at radius 1 is 1.32 bits per heavy atom. The summed E-state index contributed by atoms with van der Waals surface area (Å²) in [7, 11) is -2.25. The minimum atomic E-state index is -3.53. The molecule has 1 aliphatic rings. The van der Waals surface area contributed by atoms with Gasteiger partial charge >= 0.3 is 5.97 Å². The van der Waals surface area contributed by atoms with E-state index >= 15 is 0 Å². The predicted molar refractivity (Wildman–Crippen MR) is 91.8 cm³/mol. The third kappa shape index (κ3) is 5.80. The van der Waals surface area contributed by atoms with E-state index in [0.29, 0.717) is 17.9 Å². The molecule has 1 N–H and O–H groups in total. The van der Waals surface area contributed by atoms with Gasteiger partial charge in [-0.2, -0.15) is 4.31 Å². The minimum absolute atomic E-state index is 0.160. The predicted octanol–water partition coefficient (Wildman–Crippen LogP) is 0.852. The zero-order chi connectivity index (χ0) is 18.4. The van der Waals surface area contributed by atoms with E-state index in [2.05, 4.69) is 10.1 Å². The molecule has 1 atom stereocenters. The molecule has 0 aliphatic carbocycles. The third-order valence-corrected chi connectivity index (χ3v) is 5.03. The molecule has 1 unspecified atom stereocenters. The van der Waals surface area contributed by atoms with Crippen LogP contribution in [-0.4, -0.2) is 63.8 Å². The number of nitrogens with one attached hydrogen (secondary N) is 1. The van der Waals surface area contributed by atoms with Crippen molar-refractivity contribution < 1.29 is 27.5 Å². The number of methoxy groups -OCH3 is 1. The molecule has 0 aromatic heterocycles. The second-order valence-corrected chi connectivity index (χ2v) is 7.79. The lowest BCUT2D eigenvalue weighted by Gasteiger charge is -2.22. The van der Waals surface area contributed by atoms with Crippen LogP contribution in [0.25, 0.3) is 0 Å². The van der Waals surface area contributed by atoms with Crippen molar-refractivity contribution in [2.45, 2.75) is 18.9 Å². The van der Waals surface area contributed by atoms with Gasteiger partial charge in [0.15, 0.2) is 0 Å². The maximum absolute atomic E-state index is 12.2. The molecule has 9 heteroatoms. The molecule has 0 bridgehead atoms. The van der Waals surface area contributed by atoms with Crippen LogP contribution in [0.5, 0.6) is 0 Å². The first kappa shape index (κ1) is 19.4. The Balaban J connectivity index is 1.97. The fourth-order valence-electron chi connectivity index (χ4n) is 2.50. The molecular formula is C16H22N2O6S. The average molecular weight is 370 g/mol. The van der Waals surface area contributed by atoms with Gasteiger partial charge in [-0.25, -0.2) is 13.2 Å². The van der Waals surface area contributed by atoms with Crippen LogP contribution in [0.15, 0.2) is 24.3 Å². The number of carbonyl (C=O) groups excluding carboxylic acids is 2. The topological polar surface area (TPSA) is 102 Å². The molecule has 1 aromatic carbocycles. The molecule has 0 spiro atoms. The molecule has 1 fully saturated rings. The van der Waals surface area contributed by atoms with Crippen molar-refractivity contribution in [3.05, 3.63) is 29.8 Å². The lowest BCUT2D eigenvalue weighted by molar-refractivity contribution is -0.116. The first-order valence-corrected chi connectivity index (χ1v) is 9.69. The van der Waals surface area contributed by atoms with E-state index in [-0.39, 0.29) is 19.2 Å². The van der Waals surface area contributed by atoms with Gasteiger partial charge in [-0.1, -0.05) is 0 Å². The number of hydrogen-bond donors (Lipinski definition) is 1. The Hall–Kier alpha value is -1.97. The van der Waals surface area contributed by atoms with Crippen LogP contribution < -0.4 is 5.32 Å². The fraction of sp³-hybridized carbons (Fsp3) is 0.500. The van der Waals surface area contributed by atoms with Gasteiger partial charge in [0.05, 0.1) is 31.6 Å². The van der Waals surface area contributed by atoms with Crippen LogP contribution in [0.2, 0.25) is 0 Å². The summed E-state index contributed by atoms with van der Waals surface area (Å²) >= 11 is 0. The smallest absolute Gasteiger partial charge is 0.337 e. The lowest BCUT2D eigenvalue weighted by atomic mass is 10.2. The lowest BCUT2D eigenvalue weighted by Crippen LogP contribution is -2.41. The van der Waals surface area contributed by atoms with Crippen LogP contribution in [0.3, 0.4) is 0 Å². The number of benzene rings is 1. The van der Waals surface area contributed by atoms with E-state index in [0.717, 1.165) is 23.4 Å². The maximum Gasteiger partial charge on any atom is 0.337 e. The number of anilines is 1. The monoisotopic (exact) mass is 370 g/mol. The highest BCUT2D eigenvalue weighted by molar-refractivity contribution is 7.88. The van der Waals surface area contributed by atoms with Gasteiger partial charge in [-0.3, -0.25) is 4.79 Å². The number of ether oxygens (including phenoxy) is 2. The van der Waals surface area contributed by atoms with Gasteiger partial charge in [-0.05, 0) is 37.1 Å². The summed E-state index contributed by atoms with van der Waals surface area (Å²) < 4.78 is 35.0. The maximum atomic E-state index is 12.2. The van der Waals surface area contributed by atoms with Gasteiger partial charge in [-0.15, -0.1) is 0 Å². The van der Waals surface area contributed by atoms with Crippen molar-refractivity contribution in [3.8, 4) is 0 Å². The zero-order valence-corrected chi connectivity index (χ0v) is 15.0. The van der Waals surface area contributed by atoms with Gasteiger partial charge in [0, 0.05) is 18.8 Å². The van der Waals surface area contributed by atoms with E-state index in [1.807, 2.05) is 0 Å². The third-order valence-electron chi connectivity index (χ3n) is 3.81. The molecule has 2 rings (SSSR count). The Morgan fingerprint density at radius 3 is 2.52 bits per heavy atom. The largest absolute Gasteiger partial charge is 0.465 e. The number of sulfonamides is 1. The fourth-order valence-corrected chi connectivity index (χ4v) is 3.29. The van der Waals surface area contributed by atoms with E-state index < -0.39 is 21.9 Å². The van der Waals surface area contributed by atoms with Crippen molar-refractivity contribution in [1.29, 1.82) is 0 Å². The van der Waals surface area contributed by atoms with Crippen LogP contribution >= 0.6 is 0 Å². The standard InChI is InChI=1S/C16H22N2O6S/c1-23-16(20)12-5-7-13(8-6-12)17-15(19)11-18(25(2,21)22)10-14-4-3-9-24-14/h5-8,14H,3-4,9-11H2,1-2H3,(H,17,19). The second kappa shape index (κ2) is 8.41. The van der Waals surface area contributed by atoms with Crippen LogP contribution in [0, 0.1) is 0 Å². The number of nitrogens with zero attached hydrogens (tertiary/aromatic N) is 1. The van der Waals surface area contributed by atoms with Crippen molar-refractivity contribution in [3.63, 3.8) is 0 Å². The molecule has 1 saturated heterocycles.